The molecule has 4 amide bonds. The summed E-state index contributed by atoms with van der Waals surface area (Å²) in [6.45, 7) is 0.226. The molecule has 158 valence electrons. The zero-order valence-corrected chi connectivity index (χ0v) is 16.1. The Bertz CT molecular complexity index is 1050. The molecule has 0 radical (unpaired) electrons. The van der Waals surface area contributed by atoms with Crippen LogP contribution in [0, 0.1) is 0 Å². The highest BCUT2D eigenvalue weighted by Gasteiger charge is 2.34. The summed E-state index contributed by atoms with van der Waals surface area (Å²) in [5, 5.41) is 7.45. The van der Waals surface area contributed by atoms with Crippen molar-refractivity contribution >= 4 is 35.0 Å². The lowest BCUT2D eigenvalue weighted by Crippen LogP contribution is -2.43. The summed E-state index contributed by atoms with van der Waals surface area (Å²) in [6.07, 6.45) is 3.24. The Morgan fingerprint density at radius 1 is 1.27 bits per heavy atom. The Balaban J connectivity index is 1.62. The topological polar surface area (TPSA) is 159 Å². The van der Waals surface area contributed by atoms with Crippen LogP contribution in [0.3, 0.4) is 0 Å². The summed E-state index contributed by atoms with van der Waals surface area (Å²) in [6, 6.07) is 5.77. The molecule has 0 bridgehead atoms. The second kappa shape index (κ2) is 8.75. The van der Waals surface area contributed by atoms with Crippen molar-refractivity contribution in [3.05, 3.63) is 54.0 Å². The zero-order valence-electron chi connectivity index (χ0n) is 15.2. The van der Waals surface area contributed by atoms with Gasteiger partial charge >= 0.3 is 22.5 Å². The molecule has 1 unspecified atom stereocenters. The molecule has 1 saturated heterocycles. The average molecular weight is 436 g/mol. The number of benzene rings is 1. The van der Waals surface area contributed by atoms with Crippen molar-refractivity contribution in [2.45, 2.75) is 6.04 Å². The van der Waals surface area contributed by atoms with Crippen LogP contribution in [-0.4, -0.2) is 60.5 Å². The molecule has 2 aromatic rings. The van der Waals surface area contributed by atoms with E-state index in [9.17, 15) is 22.8 Å². The molecule has 1 fully saturated rings. The number of imide groups is 1. The first-order chi connectivity index (χ1) is 14.3. The van der Waals surface area contributed by atoms with E-state index in [1.54, 1.807) is 12.1 Å². The summed E-state index contributed by atoms with van der Waals surface area (Å²) in [5.74, 6) is 0.255. The number of carbonyl (C=O) groups is 3. The fraction of sp³-hybridized carbons (Fsp3) is 0.176. The van der Waals surface area contributed by atoms with Crippen molar-refractivity contribution in [3.63, 3.8) is 0 Å². The molecule has 2 N–H and O–H groups in total. The minimum atomic E-state index is -4.68. The van der Waals surface area contributed by atoms with Crippen LogP contribution >= 0.6 is 0 Å². The van der Waals surface area contributed by atoms with Crippen LogP contribution < -0.4 is 9.50 Å². The zero-order chi connectivity index (χ0) is 21.7. The summed E-state index contributed by atoms with van der Waals surface area (Å²) < 4.78 is 39.4. The third-order valence-electron chi connectivity index (χ3n) is 3.96. The maximum Gasteiger partial charge on any atom is 0.446 e. The van der Waals surface area contributed by atoms with Gasteiger partial charge in [0.2, 0.25) is 0 Å². The standard InChI is InChI=1S/C17H16N4O8S/c22-11-15(12-3-5-13(6-4-12)29-30(25,26)27)19-16(23)20-7-8-21(17(20)24)18-10-14-2-1-9-28-14/h1-6,9-11,15H,7-8H2,(H,19,23)(H,25,26,27). The van der Waals surface area contributed by atoms with Crippen molar-refractivity contribution < 1.29 is 36.0 Å². The van der Waals surface area contributed by atoms with Crippen LogP contribution in [0.2, 0.25) is 0 Å². The number of hydrogen-bond donors (Lipinski definition) is 2. The SMILES string of the molecule is O=CC(NC(=O)N1CCN(N=Cc2ccco2)C1=O)c1ccc(OS(=O)(=O)O)cc1. The van der Waals surface area contributed by atoms with E-state index in [0.717, 1.165) is 9.91 Å². The number of hydrogen-bond acceptors (Lipinski definition) is 8. The van der Waals surface area contributed by atoms with Crippen LogP contribution in [0.25, 0.3) is 0 Å². The van der Waals surface area contributed by atoms with Gasteiger partial charge < -0.3 is 18.7 Å². The molecule has 30 heavy (non-hydrogen) atoms. The fourth-order valence-corrected chi connectivity index (χ4v) is 2.93. The van der Waals surface area contributed by atoms with Crippen molar-refractivity contribution in [1.82, 2.24) is 15.2 Å². The first-order valence-electron chi connectivity index (χ1n) is 8.46. The number of furan rings is 1. The molecule has 2 heterocycles. The number of urea groups is 2. The van der Waals surface area contributed by atoms with Gasteiger partial charge in [0.05, 0.1) is 25.6 Å². The van der Waals surface area contributed by atoms with E-state index in [4.69, 9.17) is 8.97 Å². The lowest BCUT2D eigenvalue weighted by molar-refractivity contribution is -0.109. The Labute approximate surface area is 170 Å². The van der Waals surface area contributed by atoms with E-state index in [2.05, 4.69) is 14.6 Å². The van der Waals surface area contributed by atoms with E-state index >= 15 is 0 Å². The van der Waals surface area contributed by atoms with Gasteiger partial charge in [-0.3, -0.25) is 4.55 Å². The first-order valence-corrected chi connectivity index (χ1v) is 9.82. The molecule has 1 aromatic heterocycles. The lowest BCUT2D eigenvalue weighted by Gasteiger charge is -2.18. The van der Waals surface area contributed by atoms with E-state index in [1.165, 1.54) is 36.7 Å². The van der Waals surface area contributed by atoms with Gasteiger partial charge in [0.15, 0.2) is 0 Å². The van der Waals surface area contributed by atoms with E-state index < -0.39 is 28.5 Å². The maximum absolute atomic E-state index is 12.4. The minimum absolute atomic E-state index is 0.0624. The number of amides is 4. The molecule has 13 heteroatoms. The number of nitrogens with zero attached hydrogens (tertiary/aromatic N) is 3. The number of hydrazone groups is 1. The Hall–Kier alpha value is -3.71. The van der Waals surface area contributed by atoms with Gasteiger partial charge in [-0.05, 0) is 29.8 Å². The van der Waals surface area contributed by atoms with Crippen LogP contribution in [0.1, 0.15) is 17.4 Å². The summed E-state index contributed by atoms with van der Waals surface area (Å²) >= 11 is 0. The van der Waals surface area contributed by atoms with Gasteiger partial charge in [0.25, 0.3) is 0 Å². The third-order valence-corrected chi connectivity index (χ3v) is 4.36. The lowest BCUT2D eigenvalue weighted by atomic mass is 10.1. The molecule has 1 aromatic carbocycles. The van der Waals surface area contributed by atoms with Crippen LogP contribution in [0.15, 0.2) is 52.2 Å². The predicted octanol–water partition coefficient (Wildman–Crippen LogP) is 1.18. The number of nitrogens with one attached hydrogen (secondary N) is 1. The quantitative estimate of drug-likeness (QED) is 0.372. The number of rotatable bonds is 7. The molecule has 12 nitrogen and oxygen atoms in total. The second-order valence-electron chi connectivity index (χ2n) is 5.96. The maximum atomic E-state index is 12.4. The molecule has 1 aliphatic heterocycles. The number of carbonyl (C=O) groups excluding carboxylic acids is 3. The molecule has 1 atom stereocenters. The molecule has 3 rings (SSSR count). The van der Waals surface area contributed by atoms with Crippen LogP contribution in [0.5, 0.6) is 5.75 Å². The molecule has 0 spiro atoms. The minimum Gasteiger partial charge on any atom is -0.463 e. The highest BCUT2D eigenvalue weighted by atomic mass is 32.3. The summed E-state index contributed by atoms with van der Waals surface area (Å²) in [4.78, 5) is 37.1. The monoisotopic (exact) mass is 436 g/mol. The third kappa shape index (κ3) is 5.21. The fourth-order valence-electron chi connectivity index (χ4n) is 2.57. The van der Waals surface area contributed by atoms with Crippen molar-refractivity contribution in [2.24, 2.45) is 5.10 Å². The van der Waals surface area contributed by atoms with Crippen molar-refractivity contribution in [3.8, 4) is 5.75 Å². The van der Waals surface area contributed by atoms with E-state index in [0.29, 0.717) is 17.6 Å². The first kappa shape index (κ1) is 21.0. The van der Waals surface area contributed by atoms with Gasteiger partial charge in [-0.2, -0.15) is 13.5 Å². The summed E-state index contributed by atoms with van der Waals surface area (Å²) in [5.41, 5.74) is 0.306. The van der Waals surface area contributed by atoms with Gasteiger partial charge in [-0.15, -0.1) is 0 Å². The van der Waals surface area contributed by atoms with E-state index in [1.807, 2.05) is 0 Å². The van der Waals surface area contributed by atoms with Gasteiger partial charge in [0.1, 0.15) is 23.8 Å². The molecule has 0 aliphatic carbocycles. The highest BCUT2D eigenvalue weighted by molar-refractivity contribution is 7.81. The predicted molar refractivity (Wildman–Crippen MR) is 101 cm³/mol. The van der Waals surface area contributed by atoms with Gasteiger partial charge in [0, 0.05) is 0 Å². The average Bonchev–Trinajstić information content (AvgIpc) is 3.33. The number of aldehydes is 1. The van der Waals surface area contributed by atoms with Crippen molar-refractivity contribution in [1.29, 1.82) is 0 Å². The van der Waals surface area contributed by atoms with Crippen LogP contribution in [0.4, 0.5) is 9.59 Å². The Morgan fingerprint density at radius 2 is 2.00 bits per heavy atom. The largest absolute Gasteiger partial charge is 0.463 e. The van der Waals surface area contributed by atoms with E-state index in [-0.39, 0.29) is 18.8 Å². The Morgan fingerprint density at radius 3 is 2.60 bits per heavy atom. The molecule has 1 aliphatic rings. The normalized spacial score (nSPS) is 15.4. The van der Waals surface area contributed by atoms with Gasteiger partial charge in [-0.25, -0.2) is 19.5 Å². The van der Waals surface area contributed by atoms with Gasteiger partial charge in [-0.1, -0.05) is 12.1 Å². The molecular weight excluding hydrogens is 420 g/mol. The second-order valence-corrected chi connectivity index (χ2v) is 6.98. The summed E-state index contributed by atoms with van der Waals surface area (Å²) in [7, 11) is -4.68. The smallest absolute Gasteiger partial charge is 0.446 e. The van der Waals surface area contributed by atoms with Crippen molar-refractivity contribution in [2.75, 3.05) is 13.1 Å². The molecule has 0 saturated carbocycles. The molecular formula is C17H16N4O8S. The van der Waals surface area contributed by atoms with Crippen LogP contribution in [-0.2, 0) is 15.2 Å². The Kier molecular flexibility index (Phi) is 6.13. The highest BCUT2D eigenvalue weighted by Crippen LogP contribution is 2.19.